The molecule has 0 spiro atoms. The summed E-state index contributed by atoms with van der Waals surface area (Å²) in [4.78, 5) is 3.96. The van der Waals surface area contributed by atoms with Gasteiger partial charge in [0.1, 0.15) is 0 Å². The van der Waals surface area contributed by atoms with Crippen LogP contribution in [0.15, 0.2) is 4.21 Å². The molecule has 0 aliphatic heterocycles. The molecule has 106 valence electrons. The Morgan fingerprint density at radius 2 is 1.95 bits per heavy atom. The molecular weight excluding hydrogens is 304 g/mol. The molecule has 2 aliphatic carbocycles. The Bertz CT molecular complexity index is 565. The molecule has 0 amide bonds. The molecule has 1 heterocycles. The number of hydrogen-bond donors (Lipinski definition) is 1. The quantitative estimate of drug-likeness (QED) is 0.876. The first-order chi connectivity index (χ1) is 8.97. The Balaban J connectivity index is 1.69. The van der Waals surface area contributed by atoms with Gasteiger partial charge in [0.2, 0.25) is 0 Å². The first-order valence-electron chi connectivity index (χ1n) is 6.60. The van der Waals surface area contributed by atoms with Gasteiger partial charge in [-0.05, 0) is 50.4 Å². The van der Waals surface area contributed by atoms with Gasteiger partial charge < -0.3 is 0 Å². The highest BCUT2D eigenvalue weighted by Gasteiger charge is 2.41. The van der Waals surface area contributed by atoms with Gasteiger partial charge in [-0.25, -0.2) is 18.1 Å². The van der Waals surface area contributed by atoms with Crippen LogP contribution < -0.4 is 4.72 Å². The van der Waals surface area contributed by atoms with Crippen molar-refractivity contribution in [3.63, 3.8) is 0 Å². The van der Waals surface area contributed by atoms with Crippen molar-refractivity contribution >= 4 is 33.0 Å². The van der Waals surface area contributed by atoms with Crippen LogP contribution in [0.3, 0.4) is 0 Å². The zero-order valence-corrected chi connectivity index (χ0v) is 13.1. The predicted octanol–water partition coefficient (Wildman–Crippen LogP) is 2.82. The third kappa shape index (κ3) is 3.12. The van der Waals surface area contributed by atoms with Crippen LogP contribution in [-0.4, -0.2) is 19.9 Å². The van der Waals surface area contributed by atoms with Crippen molar-refractivity contribution in [1.29, 1.82) is 0 Å². The van der Waals surface area contributed by atoms with Gasteiger partial charge in [0, 0.05) is 6.54 Å². The van der Waals surface area contributed by atoms with E-state index in [1.807, 2.05) is 0 Å². The van der Waals surface area contributed by atoms with E-state index in [9.17, 15) is 8.42 Å². The van der Waals surface area contributed by atoms with Crippen LogP contribution in [0, 0.1) is 24.7 Å². The van der Waals surface area contributed by atoms with E-state index in [-0.39, 0.29) is 8.68 Å². The first kappa shape index (κ1) is 13.8. The fraction of sp³-hybridized carbons (Fsp3) is 0.750. The fourth-order valence-electron chi connectivity index (χ4n) is 2.64. The lowest BCUT2D eigenvalue weighted by molar-refractivity contribution is 0.401. The molecule has 2 aliphatic rings. The summed E-state index contributed by atoms with van der Waals surface area (Å²) in [6.07, 6.45) is 5.03. The van der Waals surface area contributed by atoms with Gasteiger partial charge in [0.25, 0.3) is 10.0 Å². The maximum atomic E-state index is 12.3. The first-order valence-corrected chi connectivity index (χ1v) is 9.28. The summed E-state index contributed by atoms with van der Waals surface area (Å²) in [6, 6.07) is 0. The molecule has 1 N–H and O–H groups in total. The minimum absolute atomic E-state index is 0.253. The number of aryl methyl sites for hydroxylation is 1. The van der Waals surface area contributed by atoms with E-state index >= 15 is 0 Å². The monoisotopic (exact) mass is 320 g/mol. The van der Waals surface area contributed by atoms with E-state index in [2.05, 4.69) is 9.71 Å². The lowest BCUT2D eigenvalue weighted by atomic mass is 9.99. The molecule has 0 radical (unpaired) electrons. The van der Waals surface area contributed by atoms with E-state index in [0.29, 0.717) is 18.2 Å². The second-order valence-corrected chi connectivity index (χ2v) is 9.07. The second kappa shape index (κ2) is 4.98. The summed E-state index contributed by atoms with van der Waals surface area (Å²) in [5.74, 6) is 2.00. The zero-order chi connectivity index (χ0) is 13.6. The van der Waals surface area contributed by atoms with Gasteiger partial charge in [-0.2, -0.15) is 0 Å². The van der Waals surface area contributed by atoms with E-state index in [4.69, 9.17) is 11.6 Å². The number of hydrogen-bond acceptors (Lipinski definition) is 4. The molecule has 0 unspecified atom stereocenters. The Kier molecular flexibility index (Phi) is 3.62. The molecule has 0 saturated heterocycles. The Labute approximate surface area is 122 Å². The highest BCUT2D eigenvalue weighted by Crippen LogP contribution is 2.49. The second-order valence-electron chi connectivity index (χ2n) is 5.53. The van der Waals surface area contributed by atoms with Crippen molar-refractivity contribution in [1.82, 2.24) is 9.71 Å². The van der Waals surface area contributed by atoms with Crippen LogP contribution in [0.4, 0.5) is 0 Å². The average molecular weight is 321 g/mol. The molecule has 4 nitrogen and oxygen atoms in total. The van der Waals surface area contributed by atoms with Crippen molar-refractivity contribution in [2.45, 2.75) is 36.8 Å². The van der Waals surface area contributed by atoms with Crippen molar-refractivity contribution in [2.24, 2.45) is 17.8 Å². The summed E-state index contributed by atoms with van der Waals surface area (Å²) in [5, 5.41) is 0. The SMILES string of the molecule is Cc1nc(Cl)sc1S(=O)(=O)NCC(C1CC1)C1CC1. The van der Waals surface area contributed by atoms with Crippen LogP contribution in [0.1, 0.15) is 31.4 Å². The lowest BCUT2D eigenvalue weighted by Gasteiger charge is -2.15. The number of sulfonamides is 1. The number of aromatic nitrogens is 1. The van der Waals surface area contributed by atoms with E-state index in [1.165, 1.54) is 25.7 Å². The lowest BCUT2D eigenvalue weighted by Crippen LogP contribution is -2.31. The molecule has 7 heteroatoms. The highest BCUT2D eigenvalue weighted by atomic mass is 35.5. The van der Waals surface area contributed by atoms with Gasteiger partial charge >= 0.3 is 0 Å². The van der Waals surface area contributed by atoms with Crippen molar-refractivity contribution < 1.29 is 8.42 Å². The van der Waals surface area contributed by atoms with Gasteiger partial charge in [0.15, 0.2) is 8.68 Å². The molecule has 1 aromatic heterocycles. The van der Waals surface area contributed by atoms with Crippen molar-refractivity contribution in [2.75, 3.05) is 6.54 Å². The Morgan fingerprint density at radius 3 is 2.37 bits per heavy atom. The smallest absolute Gasteiger partial charge is 0.229 e. The third-order valence-electron chi connectivity index (χ3n) is 3.94. The topological polar surface area (TPSA) is 59.1 Å². The van der Waals surface area contributed by atoms with Crippen molar-refractivity contribution in [3.8, 4) is 0 Å². The van der Waals surface area contributed by atoms with Gasteiger partial charge in [0.05, 0.1) is 5.69 Å². The molecule has 0 aromatic carbocycles. The van der Waals surface area contributed by atoms with Crippen LogP contribution in [0.2, 0.25) is 4.47 Å². The van der Waals surface area contributed by atoms with Crippen LogP contribution in [0.25, 0.3) is 0 Å². The number of rotatable bonds is 6. The summed E-state index contributed by atoms with van der Waals surface area (Å²) in [5.41, 5.74) is 0.483. The molecule has 19 heavy (non-hydrogen) atoms. The van der Waals surface area contributed by atoms with E-state index in [1.54, 1.807) is 6.92 Å². The van der Waals surface area contributed by atoms with E-state index in [0.717, 1.165) is 23.2 Å². The number of halogens is 1. The Hall–Kier alpha value is -0.170. The normalized spacial score (nSPS) is 20.2. The standard InChI is InChI=1S/C12H17ClN2O2S2/c1-7-11(18-12(13)15-7)19(16,17)14-6-10(8-2-3-8)9-4-5-9/h8-10,14H,2-6H2,1H3. The number of nitrogens with zero attached hydrogens (tertiary/aromatic N) is 1. The third-order valence-corrected chi connectivity index (χ3v) is 7.23. The molecule has 2 saturated carbocycles. The molecule has 1 aromatic rings. The highest BCUT2D eigenvalue weighted by molar-refractivity contribution is 7.91. The van der Waals surface area contributed by atoms with Crippen LogP contribution >= 0.6 is 22.9 Å². The maximum Gasteiger partial charge on any atom is 0.251 e. The average Bonchev–Trinajstić information content (AvgIpc) is 3.20. The molecule has 0 atom stereocenters. The van der Waals surface area contributed by atoms with Crippen LogP contribution in [0.5, 0.6) is 0 Å². The molecule has 2 fully saturated rings. The van der Waals surface area contributed by atoms with Gasteiger partial charge in [-0.15, -0.1) is 0 Å². The zero-order valence-electron chi connectivity index (χ0n) is 10.7. The maximum absolute atomic E-state index is 12.3. The van der Waals surface area contributed by atoms with Crippen molar-refractivity contribution in [3.05, 3.63) is 10.2 Å². The summed E-state index contributed by atoms with van der Waals surface area (Å²) in [6.45, 7) is 2.24. The fourth-order valence-corrected chi connectivity index (χ4v) is 5.49. The molecule has 3 rings (SSSR count). The summed E-state index contributed by atoms with van der Waals surface area (Å²) in [7, 11) is -3.46. The van der Waals surface area contributed by atoms with Gasteiger partial charge in [-0.3, -0.25) is 0 Å². The minimum Gasteiger partial charge on any atom is -0.229 e. The van der Waals surface area contributed by atoms with Crippen LogP contribution in [-0.2, 0) is 10.0 Å². The number of nitrogens with one attached hydrogen (secondary N) is 1. The minimum atomic E-state index is -3.46. The Morgan fingerprint density at radius 1 is 1.37 bits per heavy atom. The van der Waals surface area contributed by atoms with Gasteiger partial charge in [-0.1, -0.05) is 22.9 Å². The summed E-state index contributed by atoms with van der Waals surface area (Å²) < 4.78 is 27.8. The number of thiazole rings is 1. The molecule has 0 bridgehead atoms. The predicted molar refractivity (Wildman–Crippen MR) is 76.0 cm³/mol. The molecular formula is C12H17ClN2O2S2. The summed E-state index contributed by atoms with van der Waals surface area (Å²) >= 11 is 6.80. The van der Waals surface area contributed by atoms with E-state index < -0.39 is 10.0 Å². The largest absolute Gasteiger partial charge is 0.251 e.